The van der Waals surface area contributed by atoms with Crippen LogP contribution in [-0.2, 0) is 0 Å². The van der Waals surface area contributed by atoms with Crippen LogP contribution in [0.5, 0.6) is 0 Å². The van der Waals surface area contributed by atoms with Crippen molar-refractivity contribution in [3.05, 3.63) is 27.8 Å². The zero-order chi connectivity index (χ0) is 10.1. The van der Waals surface area contributed by atoms with Crippen LogP contribution in [0.25, 0.3) is 10.1 Å². The molecule has 0 radical (unpaired) electrons. The van der Waals surface area contributed by atoms with Crippen molar-refractivity contribution in [3.8, 4) is 0 Å². The molecule has 14 heavy (non-hydrogen) atoms. The van der Waals surface area contributed by atoms with E-state index in [2.05, 4.69) is 20.9 Å². The third kappa shape index (κ3) is 1.60. The Morgan fingerprint density at radius 1 is 1.57 bits per heavy atom. The molecule has 72 valence electrons. The number of hydrogen-bond donors (Lipinski definition) is 0. The molecule has 4 heteroatoms. The van der Waals surface area contributed by atoms with Gasteiger partial charge in [-0.1, -0.05) is 6.92 Å². The van der Waals surface area contributed by atoms with E-state index in [4.69, 9.17) is 0 Å². The van der Waals surface area contributed by atoms with Gasteiger partial charge in [-0.3, -0.25) is 9.78 Å². The molecule has 0 aliphatic rings. The minimum atomic E-state index is 0.193. The molecule has 0 saturated carbocycles. The van der Waals surface area contributed by atoms with Gasteiger partial charge in [0.25, 0.3) is 0 Å². The van der Waals surface area contributed by atoms with Crippen molar-refractivity contribution in [1.29, 1.82) is 0 Å². The number of aromatic nitrogens is 1. The lowest BCUT2D eigenvalue weighted by atomic mass is 10.2. The molecule has 0 aromatic carbocycles. The summed E-state index contributed by atoms with van der Waals surface area (Å²) in [5, 5.41) is 1.07. The Hall–Kier alpha value is -0.740. The fraction of sp³-hybridized carbons (Fsp3) is 0.200. The van der Waals surface area contributed by atoms with Gasteiger partial charge in [0.1, 0.15) is 0 Å². The summed E-state index contributed by atoms with van der Waals surface area (Å²) in [4.78, 5) is 16.3. The summed E-state index contributed by atoms with van der Waals surface area (Å²) < 4.78 is 2.00. The van der Waals surface area contributed by atoms with Crippen molar-refractivity contribution in [2.75, 3.05) is 0 Å². The number of rotatable bonds is 2. The number of ketones is 1. The molecule has 0 amide bonds. The predicted octanol–water partition coefficient (Wildman–Crippen LogP) is 3.65. The fourth-order valence-electron chi connectivity index (χ4n) is 1.24. The molecule has 2 aromatic heterocycles. The van der Waals surface area contributed by atoms with Gasteiger partial charge in [0, 0.05) is 28.7 Å². The molecular formula is C10H8BrNOS. The first kappa shape index (κ1) is 9.80. The highest BCUT2D eigenvalue weighted by molar-refractivity contribution is 9.10. The Labute approximate surface area is 94.1 Å². The van der Waals surface area contributed by atoms with Crippen molar-refractivity contribution >= 4 is 43.1 Å². The lowest BCUT2D eigenvalue weighted by Gasteiger charge is -1.89. The average Bonchev–Trinajstić information content (AvgIpc) is 2.62. The van der Waals surface area contributed by atoms with Crippen LogP contribution in [0.4, 0.5) is 0 Å². The maximum Gasteiger partial charge on any atom is 0.172 e. The van der Waals surface area contributed by atoms with E-state index in [0.29, 0.717) is 6.42 Å². The SMILES string of the molecule is CCC(=O)c1cc2c(Br)cncc2s1. The lowest BCUT2D eigenvalue weighted by molar-refractivity contribution is 0.0992. The molecule has 2 aromatic rings. The number of pyridine rings is 1. The number of halogens is 1. The highest BCUT2D eigenvalue weighted by Gasteiger charge is 2.09. The first-order chi connectivity index (χ1) is 6.72. The van der Waals surface area contributed by atoms with Crippen LogP contribution in [0, 0.1) is 0 Å². The molecule has 0 unspecified atom stereocenters. The first-order valence-corrected chi connectivity index (χ1v) is 5.89. The van der Waals surface area contributed by atoms with Gasteiger partial charge < -0.3 is 0 Å². The molecule has 0 spiro atoms. The second kappa shape index (κ2) is 3.79. The van der Waals surface area contributed by atoms with E-state index in [-0.39, 0.29) is 5.78 Å². The largest absolute Gasteiger partial charge is 0.293 e. The number of hydrogen-bond acceptors (Lipinski definition) is 3. The number of fused-ring (bicyclic) bond motifs is 1. The third-order valence-electron chi connectivity index (χ3n) is 1.99. The lowest BCUT2D eigenvalue weighted by Crippen LogP contribution is -1.90. The van der Waals surface area contributed by atoms with Crippen LogP contribution in [-0.4, -0.2) is 10.8 Å². The van der Waals surface area contributed by atoms with Gasteiger partial charge in [0.2, 0.25) is 0 Å². The summed E-state index contributed by atoms with van der Waals surface area (Å²) in [5.74, 6) is 0.193. The number of Topliss-reactive ketones (excluding diaryl/α,β-unsaturated/α-hetero) is 1. The van der Waals surface area contributed by atoms with Gasteiger partial charge in [0.15, 0.2) is 5.78 Å². The highest BCUT2D eigenvalue weighted by Crippen LogP contribution is 2.30. The van der Waals surface area contributed by atoms with Crippen LogP contribution in [0.3, 0.4) is 0 Å². The summed E-state index contributed by atoms with van der Waals surface area (Å²) in [6.07, 6.45) is 4.09. The molecule has 2 rings (SSSR count). The van der Waals surface area contributed by atoms with E-state index >= 15 is 0 Å². The van der Waals surface area contributed by atoms with E-state index in [0.717, 1.165) is 19.4 Å². The number of carbonyl (C=O) groups excluding carboxylic acids is 1. The van der Waals surface area contributed by atoms with Gasteiger partial charge in [0.05, 0.1) is 9.58 Å². The smallest absolute Gasteiger partial charge is 0.172 e. The number of carbonyl (C=O) groups is 1. The van der Waals surface area contributed by atoms with E-state index in [9.17, 15) is 4.79 Å². The Morgan fingerprint density at radius 2 is 2.36 bits per heavy atom. The van der Waals surface area contributed by atoms with Crippen LogP contribution >= 0.6 is 27.3 Å². The van der Waals surface area contributed by atoms with Gasteiger partial charge in [-0.15, -0.1) is 11.3 Å². The standard InChI is InChI=1S/C10H8BrNOS/c1-2-8(13)9-3-6-7(11)4-12-5-10(6)14-9/h3-5H,2H2,1H3. The molecule has 0 N–H and O–H groups in total. The fourth-order valence-corrected chi connectivity index (χ4v) is 2.88. The van der Waals surface area contributed by atoms with Crippen LogP contribution in [0.1, 0.15) is 23.0 Å². The second-order valence-electron chi connectivity index (χ2n) is 2.92. The Balaban J connectivity index is 2.62. The minimum absolute atomic E-state index is 0.193. The van der Waals surface area contributed by atoms with Crippen molar-refractivity contribution < 1.29 is 4.79 Å². The average molecular weight is 270 g/mol. The Morgan fingerprint density at radius 3 is 3.00 bits per heavy atom. The summed E-state index contributed by atoms with van der Waals surface area (Å²) in [6, 6.07) is 1.93. The van der Waals surface area contributed by atoms with Crippen molar-refractivity contribution in [2.45, 2.75) is 13.3 Å². The number of thiophene rings is 1. The van der Waals surface area contributed by atoms with Crippen LogP contribution in [0.2, 0.25) is 0 Å². The summed E-state index contributed by atoms with van der Waals surface area (Å²) in [5.41, 5.74) is 0. The molecular weight excluding hydrogens is 262 g/mol. The van der Waals surface area contributed by atoms with E-state index in [1.807, 2.05) is 13.0 Å². The van der Waals surface area contributed by atoms with Crippen molar-refractivity contribution in [3.63, 3.8) is 0 Å². The van der Waals surface area contributed by atoms with Gasteiger partial charge >= 0.3 is 0 Å². The maximum atomic E-state index is 11.5. The van der Waals surface area contributed by atoms with Crippen molar-refractivity contribution in [2.24, 2.45) is 0 Å². The maximum absolute atomic E-state index is 11.5. The van der Waals surface area contributed by atoms with E-state index in [1.165, 1.54) is 11.3 Å². The van der Waals surface area contributed by atoms with Gasteiger partial charge in [-0.2, -0.15) is 0 Å². The molecule has 0 saturated heterocycles. The molecule has 0 atom stereocenters. The normalized spacial score (nSPS) is 10.7. The number of nitrogens with zero attached hydrogens (tertiary/aromatic N) is 1. The van der Waals surface area contributed by atoms with Gasteiger partial charge in [-0.25, -0.2) is 0 Å². The zero-order valence-corrected chi connectivity index (χ0v) is 9.98. The zero-order valence-electron chi connectivity index (χ0n) is 7.58. The molecule has 0 fully saturated rings. The molecule has 0 aliphatic carbocycles. The first-order valence-electron chi connectivity index (χ1n) is 4.28. The van der Waals surface area contributed by atoms with Crippen LogP contribution < -0.4 is 0 Å². The van der Waals surface area contributed by atoms with Gasteiger partial charge in [-0.05, 0) is 22.0 Å². The van der Waals surface area contributed by atoms with E-state index in [1.54, 1.807) is 12.4 Å². The van der Waals surface area contributed by atoms with Crippen molar-refractivity contribution in [1.82, 2.24) is 4.98 Å². The summed E-state index contributed by atoms with van der Waals surface area (Å²) >= 11 is 4.92. The second-order valence-corrected chi connectivity index (χ2v) is 4.86. The molecule has 0 aliphatic heterocycles. The molecule has 2 nitrogen and oxygen atoms in total. The van der Waals surface area contributed by atoms with Crippen LogP contribution in [0.15, 0.2) is 22.9 Å². The van der Waals surface area contributed by atoms with E-state index < -0.39 is 0 Å². The monoisotopic (exact) mass is 269 g/mol. The Bertz CT molecular complexity index is 492. The topological polar surface area (TPSA) is 30.0 Å². The molecule has 0 bridgehead atoms. The summed E-state index contributed by atoms with van der Waals surface area (Å²) in [6.45, 7) is 1.88. The highest BCUT2D eigenvalue weighted by atomic mass is 79.9. The molecule has 2 heterocycles. The third-order valence-corrected chi connectivity index (χ3v) is 3.74. The summed E-state index contributed by atoms with van der Waals surface area (Å²) in [7, 11) is 0. The quantitative estimate of drug-likeness (QED) is 0.779. The predicted molar refractivity (Wildman–Crippen MR) is 61.9 cm³/mol. The Kier molecular flexibility index (Phi) is 2.65. The minimum Gasteiger partial charge on any atom is -0.293 e.